The SMILES string of the molecule is COC(=O)C1Cc2c(c(F)c3[nH]c([C@@H](C)NC(=O)OC(C)(C)C)nc3c2F)C1. The first kappa shape index (κ1) is 20.0. The summed E-state index contributed by atoms with van der Waals surface area (Å²) in [7, 11) is 1.25. The van der Waals surface area contributed by atoms with Gasteiger partial charge >= 0.3 is 12.1 Å². The molecule has 2 N–H and O–H groups in total. The molecule has 1 aromatic carbocycles. The lowest BCUT2D eigenvalue weighted by Gasteiger charge is -2.21. The number of hydrogen-bond donors (Lipinski definition) is 2. The number of H-pyrrole nitrogens is 1. The maximum absolute atomic E-state index is 15.0. The lowest BCUT2D eigenvalue weighted by atomic mass is 10.1. The molecule has 28 heavy (non-hydrogen) atoms. The van der Waals surface area contributed by atoms with Gasteiger partial charge in [0.05, 0.1) is 19.1 Å². The fraction of sp³-hybridized carbons (Fsp3) is 0.526. The fourth-order valence-electron chi connectivity index (χ4n) is 3.35. The number of carbonyl (C=O) groups excluding carboxylic acids is 2. The molecule has 9 heteroatoms. The molecule has 0 saturated carbocycles. The number of benzene rings is 1. The number of rotatable bonds is 3. The van der Waals surface area contributed by atoms with E-state index in [2.05, 4.69) is 20.0 Å². The number of nitrogens with one attached hydrogen (secondary N) is 2. The zero-order valence-electron chi connectivity index (χ0n) is 16.4. The van der Waals surface area contributed by atoms with Crippen LogP contribution in [-0.4, -0.2) is 34.7 Å². The number of aromatic nitrogens is 2. The molecule has 0 saturated heterocycles. The van der Waals surface area contributed by atoms with E-state index in [0.29, 0.717) is 0 Å². The average molecular weight is 395 g/mol. The molecule has 0 bridgehead atoms. The Balaban J connectivity index is 1.90. The second-order valence-corrected chi connectivity index (χ2v) is 7.93. The van der Waals surface area contributed by atoms with Crippen LogP contribution in [0.1, 0.15) is 50.7 Å². The standard InChI is InChI=1S/C19H23F2N3O4/c1-8(22-18(26)28-19(2,3)4)16-23-14-12(20)10-6-9(17(25)27-5)7-11(10)13(21)15(14)24-16/h8-9H,6-7H2,1-5H3,(H,22,26)(H,23,24)/t8-/m1/s1. The summed E-state index contributed by atoms with van der Waals surface area (Å²) in [5, 5.41) is 2.58. The van der Waals surface area contributed by atoms with Crippen LogP contribution < -0.4 is 5.32 Å². The van der Waals surface area contributed by atoms with Crippen LogP contribution in [0, 0.1) is 17.6 Å². The fourth-order valence-corrected chi connectivity index (χ4v) is 3.35. The maximum atomic E-state index is 15.0. The van der Waals surface area contributed by atoms with Gasteiger partial charge in [0.1, 0.15) is 22.5 Å². The van der Waals surface area contributed by atoms with E-state index >= 15 is 0 Å². The van der Waals surface area contributed by atoms with Crippen LogP contribution in [0.3, 0.4) is 0 Å². The van der Waals surface area contributed by atoms with E-state index in [1.165, 1.54) is 7.11 Å². The van der Waals surface area contributed by atoms with Gasteiger partial charge in [-0.1, -0.05) is 0 Å². The second-order valence-electron chi connectivity index (χ2n) is 7.93. The first-order valence-corrected chi connectivity index (χ1v) is 8.97. The average Bonchev–Trinajstić information content (AvgIpc) is 3.22. The Morgan fingerprint density at radius 2 is 1.82 bits per heavy atom. The Hall–Kier alpha value is -2.71. The van der Waals surface area contributed by atoms with Gasteiger partial charge in [-0.3, -0.25) is 4.79 Å². The van der Waals surface area contributed by atoms with E-state index in [9.17, 15) is 18.4 Å². The number of fused-ring (bicyclic) bond motifs is 2. The molecule has 2 atom stereocenters. The molecule has 1 aliphatic rings. The topological polar surface area (TPSA) is 93.3 Å². The molecule has 0 aliphatic heterocycles. The van der Waals surface area contributed by atoms with Crippen molar-refractivity contribution in [2.75, 3.05) is 7.11 Å². The third kappa shape index (κ3) is 3.65. The summed E-state index contributed by atoms with van der Waals surface area (Å²) in [6.07, 6.45) is -0.528. The minimum Gasteiger partial charge on any atom is -0.469 e. The summed E-state index contributed by atoms with van der Waals surface area (Å²) in [5.74, 6) is -2.21. The Morgan fingerprint density at radius 3 is 2.39 bits per heavy atom. The van der Waals surface area contributed by atoms with E-state index in [1.54, 1.807) is 27.7 Å². The van der Waals surface area contributed by atoms with Crippen LogP contribution in [-0.2, 0) is 27.1 Å². The molecule has 2 aromatic rings. The van der Waals surface area contributed by atoms with E-state index in [1.807, 2.05) is 0 Å². The van der Waals surface area contributed by atoms with Crippen molar-refractivity contribution in [2.45, 2.75) is 52.2 Å². The van der Waals surface area contributed by atoms with E-state index in [4.69, 9.17) is 4.74 Å². The van der Waals surface area contributed by atoms with Crippen molar-refractivity contribution in [3.05, 3.63) is 28.6 Å². The predicted molar refractivity (Wildman–Crippen MR) is 96.7 cm³/mol. The van der Waals surface area contributed by atoms with E-state index in [-0.39, 0.29) is 40.8 Å². The van der Waals surface area contributed by atoms with Crippen molar-refractivity contribution in [3.63, 3.8) is 0 Å². The van der Waals surface area contributed by atoms with E-state index < -0.39 is 41.3 Å². The normalized spacial score (nSPS) is 15.4. The second kappa shape index (κ2) is 7.03. The highest BCUT2D eigenvalue weighted by atomic mass is 19.1. The number of amides is 1. The molecule has 1 aliphatic carbocycles. The minimum absolute atomic E-state index is 0.0641. The summed E-state index contributed by atoms with van der Waals surface area (Å²) in [5.41, 5.74) is -0.619. The number of ether oxygens (including phenoxy) is 2. The third-order valence-corrected chi connectivity index (χ3v) is 4.62. The van der Waals surface area contributed by atoms with Gasteiger partial charge in [-0.25, -0.2) is 18.6 Å². The molecule has 7 nitrogen and oxygen atoms in total. The summed E-state index contributed by atoms with van der Waals surface area (Å²) < 4.78 is 39.8. The van der Waals surface area contributed by atoms with Crippen LogP contribution in [0.5, 0.6) is 0 Å². The van der Waals surface area contributed by atoms with Crippen LogP contribution in [0.2, 0.25) is 0 Å². The quantitative estimate of drug-likeness (QED) is 0.778. The number of alkyl carbamates (subject to hydrolysis) is 1. The summed E-state index contributed by atoms with van der Waals surface area (Å²) in [6, 6.07) is -0.654. The van der Waals surface area contributed by atoms with Crippen LogP contribution in [0.25, 0.3) is 11.0 Å². The third-order valence-electron chi connectivity index (χ3n) is 4.62. The highest BCUT2D eigenvalue weighted by molar-refractivity contribution is 5.82. The zero-order chi connectivity index (χ0) is 20.8. The Morgan fingerprint density at radius 1 is 1.21 bits per heavy atom. The highest BCUT2D eigenvalue weighted by Gasteiger charge is 2.35. The largest absolute Gasteiger partial charge is 0.469 e. The zero-order valence-corrected chi connectivity index (χ0v) is 16.4. The lowest BCUT2D eigenvalue weighted by molar-refractivity contribution is -0.145. The summed E-state index contributed by atoms with van der Waals surface area (Å²) >= 11 is 0. The molecule has 1 amide bonds. The monoisotopic (exact) mass is 395 g/mol. The summed E-state index contributed by atoms with van der Waals surface area (Å²) in [6.45, 7) is 6.81. The number of halogens is 2. The van der Waals surface area contributed by atoms with Gasteiger partial charge in [0.25, 0.3) is 0 Å². The summed E-state index contributed by atoms with van der Waals surface area (Å²) in [4.78, 5) is 30.5. The van der Waals surface area contributed by atoms with Gasteiger partial charge in [0.15, 0.2) is 11.6 Å². The van der Waals surface area contributed by atoms with Crippen LogP contribution in [0.15, 0.2) is 0 Å². The van der Waals surface area contributed by atoms with Gasteiger partial charge in [-0.05, 0) is 51.7 Å². The maximum Gasteiger partial charge on any atom is 0.408 e. The van der Waals surface area contributed by atoms with Crippen molar-refractivity contribution in [1.82, 2.24) is 15.3 Å². The first-order valence-electron chi connectivity index (χ1n) is 8.97. The van der Waals surface area contributed by atoms with Gasteiger partial charge in [0.2, 0.25) is 0 Å². The first-order chi connectivity index (χ1) is 13.0. The Labute approximate surface area is 160 Å². The molecule has 0 spiro atoms. The molecule has 0 fully saturated rings. The van der Waals surface area contributed by atoms with Crippen LogP contribution in [0.4, 0.5) is 13.6 Å². The molecule has 1 unspecified atom stereocenters. The Kier molecular flexibility index (Phi) is 5.03. The predicted octanol–water partition coefficient (Wildman–Crippen LogP) is 3.31. The van der Waals surface area contributed by atoms with Crippen LogP contribution >= 0.6 is 0 Å². The Bertz CT molecular complexity index is 900. The van der Waals surface area contributed by atoms with Crippen molar-refractivity contribution < 1.29 is 27.8 Å². The number of methoxy groups -OCH3 is 1. The van der Waals surface area contributed by atoms with Gasteiger partial charge in [-0.2, -0.15) is 0 Å². The number of hydrogen-bond acceptors (Lipinski definition) is 5. The molecule has 3 rings (SSSR count). The number of aromatic amines is 1. The van der Waals surface area contributed by atoms with Crippen molar-refractivity contribution in [1.29, 1.82) is 0 Å². The van der Waals surface area contributed by atoms with Crippen molar-refractivity contribution >= 4 is 23.1 Å². The van der Waals surface area contributed by atoms with Crippen molar-refractivity contribution in [3.8, 4) is 0 Å². The van der Waals surface area contributed by atoms with E-state index in [0.717, 1.165) is 0 Å². The number of carbonyl (C=O) groups is 2. The van der Waals surface area contributed by atoms with Gasteiger partial charge < -0.3 is 19.8 Å². The highest BCUT2D eigenvalue weighted by Crippen LogP contribution is 2.36. The molecule has 1 heterocycles. The lowest BCUT2D eigenvalue weighted by Crippen LogP contribution is -2.34. The number of esters is 1. The molecule has 0 radical (unpaired) electrons. The van der Waals surface area contributed by atoms with Gasteiger partial charge in [-0.15, -0.1) is 0 Å². The molecular weight excluding hydrogens is 372 g/mol. The smallest absolute Gasteiger partial charge is 0.408 e. The van der Waals surface area contributed by atoms with Crippen molar-refractivity contribution in [2.24, 2.45) is 5.92 Å². The molecular formula is C19H23F2N3O4. The van der Waals surface area contributed by atoms with Gasteiger partial charge in [0, 0.05) is 0 Å². The number of nitrogens with zero attached hydrogens (tertiary/aromatic N) is 1. The molecule has 1 aromatic heterocycles. The minimum atomic E-state index is -0.674. The molecule has 152 valence electrons. The number of imidazole rings is 1.